The summed E-state index contributed by atoms with van der Waals surface area (Å²) in [4.78, 5) is 10.9. The van der Waals surface area contributed by atoms with E-state index in [4.69, 9.17) is 9.84 Å². The van der Waals surface area contributed by atoms with Gasteiger partial charge in [0, 0.05) is 0 Å². The molecule has 3 nitrogen and oxygen atoms in total. The summed E-state index contributed by atoms with van der Waals surface area (Å²) >= 11 is 0. The summed E-state index contributed by atoms with van der Waals surface area (Å²) in [7, 11) is 0. The average molecular weight is 236 g/mol. The number of aryl methyl sites for hydroxylation is 1. The van der Waals surface area contributed by atoms with Crippen molar-refractivity contribution < 1.29 is 14.6 Å². The van der Waals surface area contributed by atoms with E-state index in [2.05, 4.69) is 6.92 Å². The Hall–Kier alpha value is -1.51. The van der Waals surface area contributed by atoms with E-state index < -0.39 is 11.6 Å². The Morgan fingerprint density at radius 1 is 1.29 bits per heavy atom. The van der Waals surface area contributed by atoms with Crippen LogP contribution in [0.1, 0.15) is 39.2 Å². The summed E-state index contributed by atoms with van der Waals surface area (Å²) in [6.45, 7) is 5.24. The summed E-state index contributed by atoms with van der Waals surface area (Å²) in [6.07, 6.45) is 3.39. The molecule has 0 radical (unpaired) electrons. The zero-order valence-corrected chi connectivity index (χ0v) is 10.7. The topological polar surface area (TPSA) is 46.5 Å². The third-order valence-corrected chi connectivity index (χ3v) is 2.63. The highest BCUT2D eigenvalue weighted by Crippen LogP contribution is 2.19. The molecule has 1 N–H and O–H groups in total. The maximum atomic E-state index is 10.9. The van der Waals surface area contributed by atoms with Gasteiger partial charge in [0.15, 0.2) is 5.60 Å². The Morgan fingerprint density at radius 3 is 2.35 bits per heavy atom. The maximum Gasteiger partial charge on any atom is 0.347 e. The largest absolute Gasteiger partial charge is 0.478 e. The van der Waals surface area contributed by atoms with E-state index in [0.29, 0.717) is 5.75 Å². The first kappa shape index (κ1) is 13.6. The van der Waals surface area contributed by atoms with E-state index >= 15 is 0 Å². The second-order valence-electron chi connectivity index (χ2n) is 4.67. The van der Waals surface area contributed by atoms with Crippen LogP contribution in [-0.4, -0.2) is 16.7 Å². The van der Waals surface area contributed by atoms with E-state index in [9.17, 15) is 4.79 Å². The molecule has 0 spiro atoms. The van der Waals surface area contributed by atoms with Crippen molar-refractivity contribution in [3.8, 4) is 5.75 Å². The van der Waals surface area contributed by atoms with Gasteiger partial charge in [0.1, 0.15) is 5.75 Å². The molecule has 0 bridgehead atoms. The minimum Gasteiger partial charge on any atom is -0.478 e. The van der Waals surface area contributed by atoms with Crippen molar-refractivity contribution in [1.29, 1.82) is 0 Å². The lowest BCUT2D eigenvalue weighted by atomic mass is 10.1. The first-order chi connectivity index (χ1) is 7.95. The lowest BCUT2D eigenvalue weighted by Gasteiger charge is -2.21. The number of rotatable bonds is 6. The van der Waals surface area contributed by atoms with Crippen LogP contribution in [-0.2, 0) is 11.2 Å². The highest BCUT2D eigenvalue weighted by Gasteiger charge is 2.29. The fourth-order valence-corrected chi connectivity index (χ4v) is 1.44. The van der Waals surface area contributed by atoms with Crippen LogP contribution in [0.2, 0.25) is 0 Å². The fraction of sp³-hybridized carbons (Fsp3) is 0.500. The summed E-state index contributed by atoms with van der Waals surface area (Å²) in [5, 5.41) is 8.95. The molecule has 3 heteroatoms. The molecule has 0 saturated heterocycles. The van der Waals surface area contributed by atoms with Gasteiger partial charge >= 0.3 is 5.97 Å². The second kappa shape index (κ2) is 5.71. The summed E-state index contributed by atoms with van der Waals surface area (Å²) in [5.74, 6) is -0.370. The first-order valence-electron chi connectivity index (χ1n) is 5.97. The van der Waals surface area contributed by atoms with Crippen LogP contribution in [0.25, 0.3) is 0 Å². The molecule has 0 aromatic heterocycles. The number of carbonyl (C=O) groups is 1. The number of carboxylic acids is 1. The summed E-state index contributed by atoms with van der Waals surface area (Å²) in [6, 6.07) is 7.64. The van der Waals surface area contributed by atoms with Gasteiger partial charge in [0.25, 0.3) is 0 Å². The monoisotopic (exact) mass is 236 g/mol. The highest BCUT2D eigenvalue weighted by atomic mass is 16.5. The highest BCUT2D eigenvalue weighted by molar-refractivity contribution is 5.76. The number of carboxylic acid groups (broad SMARTS) is 1. The molecule has 0 aliphatic carbocycles. The van der Waals surface area contributed by atoms with Crippen LogP contribution in [0.3, 0.4) is 0 Å². The van der Waals surface area contributed by atoms with Crippen molar-refractivity contribution in [2.45, 2.75) is 45.6 Å². The number of benzene rings is 1. The van der Waals surface area contributed by atoms with E-state index in [-0.39, 0.29) is 0 Å². The molecule has 1 rings (SSSR count). The van der Waals surface area contributed by atoms with E-state index in [1.807, 2.05) is 24.3 Å². The number of aliphatic carboxylic acids is 1. The lowest BCUT2D eigenvalue weighted by molar-refractivity contribution is -0.152. The molecule has 0 aliphatic rings. The molecular formula is C14H20O3. The molecule has 94 valence electrons. The molecule has 0 saturated carbocycles. The Labute approximate surface area is 102 Å². The minimum absolute atomic E-state index is 0.595. The molecule has 0 unspecified atom stereocenters. The van der Waals surface area contributed by atoms with Crippen molar-refractivity contribution in [1.82, 2.24) is 0 Å². The van der Waals surface area contributed by atoms with Gasteiger partial charge < -0.3 is 9.84 Å². The zero-order valence-electron chi connectivity index (χ0n) is 10.7. The van der Waals surface area contributed by atoms with Gasteiger partial charge in [0.2, 0.25) is 0 Å². The van der Waals surface area contributed by atoms with Gasteiger partial charge in [-0.3, -0.25) is 0 Å². The van der Waals surface area contributed by atoms with Crippen LogP contribution in [0.4, 0.5) is 0 Å². The zero-order chi connectivity index (χ0) is 12.9. The summed E-state index contributed by atoms with van der Waals surface area (Å²) < 4.78 is 5.42. The molecule has 0 amide bonds. The second-order valence-corrected chi connectivity index (χ2v) is 4.67. The van der Waals surface area contributed by atoms with Crippen molar-refractivity contribution in [2.24, 2.45) is 0 Å². The molecule has 1 aromatic rings. The Balaban J connectivity index is 2.65. The molecular weight excluding hydrogens is 216 g/mol. The quantitative estimate of drug-likeness (QED) is 0.824. The third-order valence-electron chi connectivity index (χ3n) is 2.63. The van der Waals surface area contributed by atoms with Crippen LogP contribution in [0.15, 0.2) is 24.3 Å². The molecule has 0 fully saturated rings. The molecule has 0 heterocycles. The minimum atomic E-state index is -1.19. The van der Waals surface area contributed by atoms with Gasteiger partial charge in [-0.05, 0) is 44.4 Å². The molecule has 17 heavy (non-hydrogen) atoms. The molecule has 1 aromatic carbocycles. The third kappa shape index (κ3) is 4.10. The number of unbranched alkanes of at least 4 members (excludes halogenated alkanes) is 1. The van der Waals surface area contributed by atoms with Crippen molar-refractivity contribution in [3.63, 3.8) is 0 Å². The molecule has 0 aliphatic heterocycles. The van der Waals surface area contributed by atoms with Crippen LogP contribution in [0, 0.1) is 0 Å². The van der Waals surface area contributed by atoms with Crippen LogP contribution < -0.4 is 4.74 Å². The molecule has 0 atom stereocenters. The van der Waals surface area contributed by atoms with Gasteiger partial charge in [-0.1, -0.05) is 25.5 Å². The summed E-state index contributed by atoms with van der Waals surface area (Å²) in [5.41, 5.74) is 0.0672. The van der Waals surface area contributed by atoms with Gasteiger partial charge in [-0.15, -0.1) is 0 Å². The first-order valence-corrected chi connectivity index (χ1v) is 5.97. The van der Waals surface area contributed by atoms with E-state index in [1.165, 1.54) is 18.4 Å². The van der Waals surface area contributed by atoms with Crippen LogP contribution in [0.5, 0.6) is 5.75 Å². The number of ether oxygens (including phenoxy) is 1. The average Bonchev–Trinajstić information content (AvgIpc) is 2.27. The van der Waals surface area contributed by atoms with Crippen molar-refractivity contribution in [2.75, 3.05) is 0 Å². The smallest absolute Gasteiger partial charge is 0.347 e. The Bertz CT molecular complexity index is 366. The van der Waals surface area contributed by atoms with E-state index in [0.717, 1.165) is 6.42 Å². The van der Waals surface area contributed by atoms with Crippen molar-refractivity contribution in [3.05, 3.63) is 29.8 Å². The standard InChI is InChI=1S/C14H20O3/c1-4-5-6-11-7-9-12(10-8-11)17-14(2,3)13(15)16/h7-10H,4-6H2,1-3H3,(H,15,16). The Kier molecular flexibility index (Phi) is 4.55. The van der Waals surface area contributed by atoms with Crippen molar-refractivity contribution >= 4 is 5.97 Å². The van der Waals surface area contributed by atoms with E-state index in [1.54, 1.807) is 13.8 Å². The Morgan fingerprint density at radius 2 is 1.88 bits per heavy atom. The van der Waals surface area contributed by atoms with Gasteiger partial charge in [-0.25, -0.2) is 4.79 Å². The van der Waals surface area contributed by atoms with Gasteiger partial charge in [-0.2, -0.15) is 0 Å². The van der Waals surface area contributed by atoms with Gasteiger partial charge in [0.05, 0.1) is 0 Å². The number of hydrogen-bond acceptors (Lipinski definition) is 2. The fourth-order valence-electron chi connectivity index (χ4n) is 1.44. The SMILES string of the molecule is CCCCc1ccc(OC(C)(C)C(=O)O)cc1. The van der Waals surface area contributed by atoms with Crippen LogP contribution >= 0.6 is 0 Å². The normalized spacial score (nSPS) is 11.2. The lowest BCUT2D eigenvalue weighted by Crippen LogP contribution is -2.37. The number of hydrogen-bond donors (Lipinski definition) is 1. The predicted molar refractivity (Wildman–Crippen MR) is 67.4 cm³/mol. The maximum absolute atomic E-state index is 10.9. The predicted octanol–water partition coefficient (Wildman–Crippen LogP) is 3.27.